The standard InChI is InChI=1S/C14H23NOS/c1-3-15-11-7-4-8-12-16-13-9-5-6-10-14(13)17-2/h5-6,9-10,15H,3-4,7-8,11-12H2,1-2H3. The van der Waals surface area contributed by atoms with Crippen molar-refractivity contribution in [2.24, 2.45) is 0 Å². The molecule has 3 heteroatoms. The monoisotopic (exact) mass is 253 g/mol. The summed E-state index contributed by atoms with van der Waals surface area (Å²) in [6.07, 6.45) is 5.68. The van der Waals surface area contributed by atoms with Gasteiger partial charge in [0, 0.05) is 4.90 Å². The van der Waals surface area contributed by atoms with E-state index < -0.39 is 0 Å². The first kappa shape index (κ1) is 14.4. The normalized spacial score (nSPS) is 10.5. The van der Waals surface area contributed by atoms with Crippen molar-refractivity contribution < 1.29 is 4.74 Å². The van der Waals surface area contributed by atoms with Gasteiger partial charge in [-0.1, -0.05) is 19.1 Å². The molecule has 0 aliphatic carbocycles. The molecule has 0 spiro atoms. The Hall–Kier alpha value is -0.670. The fourth-order valence-electron chi connectivity index (χ4n) is 1.63. The van der Waals surface area contributed by atoms with Crippen molar-refractivity contribution in [3.63, 3.8) is 0 Å². The Balaban J connectivity index is 2.13. The molecule has 0 aliphatic heterocycles. The van der Waals surface area contributed by atoms with Gasteiger partial charge in [-0.2, -0.15) is 0 Å². The van der Waals surface area contributed by atoms with Gasteiger partial charge in [-0.25, -0.2) is 0 Å². The highest BCUT2D eigenvalue weighted by Crippen LogP contribution is 2.26. The lowest BCUT2D eigenvalue weighted by Crippen LogP contribution is -2.14. The van der Waals surface area contributed by atoms with Gasteiger partial charge in [-0.3, -0.25) is 0 Å². The second-order valence-electron chi connectivity index (χ2n) is 3.91. The van der Waals surface area contributed by atoms with Crippen LogP contribution in [-0.4, -0.2) is 26.0 Å². The second kappa shape index (κ2) is 9.37. The Labute approximate surface area is 109 Å². The number of hydrogen-bond acceptors (Lipinski definition) is 3. The van der Waals surface area contributed by atoms with Gasteiger partial charge in [0.15, 0.2) is 0 Å². The Morgan fingerprint density at radius 1 is 1.18 bits per heavy atom. The average Bonchev–Trinajstić information content (AvgIpc) is 2.38. The van der Waals surface area contributed by atoms with E-state index in [1.165, 1.54) is 17.7 Å². The number of unbranched alkanes of at least 4 members (excludes halogenated alkanes) is 2. The Kier molecular flexibility index (Phi) is 7.93. The van der Waals surface area contributed by atoms with Crippen molar-refractivity contribution in [1.82, 2.24) is 5.32 Å². The van der Waals surface area contributed by atoms with Crippen LogP contribution in [0.1, 0.15) is 26.2 Å². The first-order valence-corrected chi connectivity index (χ1v) is 7.57. The molecule has 0 unspecified atom stereocenters. The topological polar surface area (TPSA) is 21.3 Å². The lowest BCUT2D eigenvalue weighted by atomic mass is 10.2. The summed E-state index contributed by atoms with van der Waals surface area (Å²) in [5.74, 6) is 1.02. The van der Waals surface area contributed by atoms with Crippen molar-refractivity contribution in [1.29, 1.82) is 0 Å². The highest BCUT2D eigenvalue weighted by atomic mass is 32.2. The molecule has 2 nitrogen and oxygen atoms in total. The van der Waals surface area contributed by atoms with Crippen molar-refractivity contribution in [3.8, 4) is 5.75 Å². The number of hydrogen-bond donors (Lipinski definition) is 1. The third kappa shape index (κ3) is 5.99. The maximum atomic E-state index is 5.79. The Morgan fingerprint density at radius 2 is 2.00 bits per heavy atom. The molecule has 1 aromatic carbocycles. The fourth-order valence-corrected chi connectivity index (χ4v) is 2.17. The fraction of sp³-hybridized carbons (Fsp3) is 0.571. The Morgan fingerprint density at radius 3 is 2.76 bits per heavy atom. The molecule has 17 heavy (non-hydrogen) atoms. The van der Waals surface area contributed by atoms with Crippen LogP contribution in [0.15, 0.2) is 29.2 Å². The zero-order valence-corrected chi connectivity index (χ0v) is 11.7. The number of para-hydroxylation sites is 1. The van der Waals surface area contributed by atoms with Crippen LogP contribution in [0.25, 0.3) is 0 Å². The smallest absolute Gasteiger partial charge is 0.132 e. The summed E-state index contributed by atoms with van der Waals surface area (Å²) in [4.78, 5) is 1.22. The molecule has 0 radical (unpaired) electrons. The number of rotatable bonds is 9. The van der Waals surface area contributed by atoms with Gasteiger partial charge in [0.05, 0.1) is 6.61 Å². The molecule has 96 valence electrons. The molecule has 0 aliphatic rings. The molecular formula is C14H23NOS. The summed E-state index contributed by atoms with van der Waals surface area (Å²) in [5, 5.41) is 3.33. The lowest BCUT2D eigenvalue weighted by molar-refractivity contribution is 0.298. The zero-order chi connectivity index (χ0) is 12.3. The maximum Gasteiger partial charge on any atom is 0.132 e. The van der Waals surface area contributed by atoms with Crippen LogP contribution in [-0.2, 0) is 0 Å². The van der Waals surface area contributed by atoms with E-state index in [-0.39, 0.29) is 0 Å². The van der Waals surface area contributed by atoms with Gasteiger partial charge in [0.1, 0.15) is 5.75 Å². The van der Waals surface area contributed by atoms with Gasteiger partial charge < -0.3 is 10.1 Å². The summed E-state index contributed by atoms with van der Waals surface area (Å²) in [6.45, 7) is 5.15. The molecule has 1 N–H and O–H groups in total. The number of thioether (sulfide) groups is 1. The summed E-state index contributed by atoms with van der Waals surface area (Å²) in [5.41, 5.74) is 0. The molecule has 1 aromatic rings. The quantitative estimate of drug-likeness (QED) is 0.537. The molecule has 0 amide bonds. The first-order chi connectivity index (χ1) is 8.38. The second-order valence-corrected chi connectivity index (χ2v) is 4.76. The predicted octanol–water partition coefficient (Wildman–Crippen LogP) is 3.57. The van der Waals surface area contributed by atoms with Gasteiger partial charge in [0.2, 0.25) is 0 Å². The minimum Gasteiger partial charge on any atom is -0.492 e. The largest absolute Gasteiger partial charge is 0.492 e. The summed E-state index contributed by atoms with van der Waals surface area (Å²) < 4.78 is 5.79. The summed E-state index contributed by atoms with van der Waals surface area (Å²) in [7, 11) is 0. The van der Waals surface area contributed by atoms with E-state index in [1.807, 2.05) is 12.1 Å². The molecule has 0 heterocycles. The van der Waals surface area contributed by atoms with Crippen LogP contribution in [0.4, 0.5) is 0 Å². The highest BCUT2D eigenvalue weighted by molar-refractivity contribution is 7.98. The van der Waals surface area contributed by atoms with Gasteiger partial charge in [-0.15, -0.1) is 11.8 Å². The number of benzene rings is 1. The first-order valence-electron chi connectivity index (χ1n) is 6.35. The van der Waals surface area contributed by atoms with Crippen LogP contribution in [0.5, 0.6) is 5.75 Å². The maximum absolute atomic E-state index is 5.79. The molecule has 1 rings (SSSR count). The van der Waals surface area contributed by atoms with Crippen molar-refractivity contribution in [3.05, 3.63) is 24.3 Å². The van der Waals surface area contributed by atoms with Crippen LogP contribution in [0.3, 0.4) is 0 Å². The number of ether oxygens (including phenoxy) is 1. The van der Waals surface area contributed by atoms with Gasteiger partial charge >= 0.3 is 0 Å². The summed E-state index contributed by atoms with van der Waals surface area (Å²) >= 11 is 1.74. The summed E-state index contributed by atoms with van der Waals surface area (Å²) in [6, 6.07) is 8.23. The molecule has 0 saturated carbocycles. The molecule has 0 fully saturated rings. The SMILES string of the molecule is CCNCCCCCOc1ccccc1SC. The van der Waals surface area contributed by atoms with Crippen LogP contribution in [0.2, 0.25) is 0 Å². The van der Waals surface area contributed by atoms with Gasteiger partial charge in [0.25, 0.3) is 0 Å². The van der Waals surface area contributed by atoms with Gasteiger partial charge in [-0.05, 0) is 50.7 Å². The zero-order valence-electron chi connectivity index (χ0n) is 10.9. The predicted molar refractivity (Wildman–Crippen MR) is 76.1 cm³/mol. The van der Waals surface area contributed by atoms with Crippen molar-refractivity contribution in [2.45, 2.75) is 31.1 Å². The van der Waals surface area contributed by atoms with E-state index in [1.54, 1.807) is 11.8 Å². The van der Waals surface area contributed by atoms with E-state index in [0.717, 1.165) is 31.9 Å². The van der Waals surface area contributed by atoms with E-state index in [2.05, 4.69) is 30.6 Å². The van der Waals surface area contributed by atoms with Crippen molar-refractivity contribution >= 4 is 11.8 Å². The minimum atomic E-state index is 0.823. The third-order valence-electron chi connectivity index (χ3n) is 2.57. The van der Waals surface area contributed by atoms with Crippen LogP contribution >= 0.6 is 11.8 Å². The van der Waals surface area contributed by atoms with Crippen LogP contribution in [0, 0.1) is 0 Å². The molecular weight excluding hydrogens is 230 g/mol. The minimum absolute atomic E-state index is 0.823. The van der Waals surface area contributed by atoms with Crippen molar-refractivity contribution in [2.75, 3.05) is 26.0 Å². The van der Waals surface area contributed by atoms with Crippen LogP contribution < -0.4 is 10.1 Å². The van der Waals surface area contributed by atoms with E-state index in [9.17, 15) is 0 Å². The molecule has 0 saturated heterocycles. The highest BCUT2D eigenvalue weighted by Gasteiger charge is 2.00. The molecule has 0 aromatic heterocycles. The van der Waals surface area contributed by atoms with E-state index in [4.69, 9.17) is 4.74 Å². The Bertz CT molecular complexity index is 304. The van der Waals surface area contributed by atoms with E-state index >= 15 is 0 Å². The lowest BCUT2D eigenvalue weighted by Gasteiger charge is -2.09. The average molecular weight is 253 g/mol. The molecule has 0 bridgehead atoms. The van der Waals surface area contributed by atoms with E-state index in [0.29, 0.717) is 0 Å². The third-order valence-corrected chi connectivity index (χ3v) is 3.35. The molecule has 0 atom stereocenters. The number of nitrogens with one attached hydrogen (secondary N) is 1.